The Kier molecular flexibility index (Phi) is 5.71. The SMILES string of the molecule is CC#Cc1cnccc1N=P(c1ccccc1)(c1ccccc1)c1ccccc1. The lowest BCUT2D eigenvalue weighted by Gasteiger charge is -2.27. The molecule has 3 heteroatoms. The molecule has 1 heterocycles. The molecule has 4 rings (SSSR count). The van der Waals surface area contributed by atoms with Gasteiger partial charge in [0, 0.05) is 28.3 Å². The highest BCUT2D eigenvalue weighted by atomic mass is 31.2. The van der Waals surface area contributed by atoms with E-state index in [4.69, 9.17) is 4.74 Å². The minimum Gasteiger partial charge on any atom is -0.263 e. The van der Waals surface area contributed by atoms with E-state index in [1.165, 1.54) is 15.9 Å². The largest absolute Gasteiger partial charge is 0.263 e. The molecule has 0 fully saturated rings. The van der Waals surface area contributed by atoms with Crippen LogP contribution in [0.25, 0.3) is 0 Å². The first-order valence-corrected chi connectivity index (χ1v) is 11.2. The Balaban J connectivity index is 2.16. The third-order valence-corrected chi connectivity index (χ3v) is 8.36. The van der Waals surface area contributed by atoms with Crippen molar-refractivity contribution >= 4 is 28.7 Å². The molecule has 140 valence electrons. The van der Waals surface area contributed by atoms with Gasteiger partial charge in [-0.1, -0.05) is 96.9 Å². The summed E-state index contributed by atoms with van der Waals surface area (Å²) in [6, 6.07) is 33.7. The first-order valence-electron chi connectivity index (χ1n) is 9.50. The summed E-state index contributed by atoms with van der Waals surface area (Å²) in [4.78, 5) is 4.26. The van der Waals surface area contributed by atoms with Crippen molar-refractivity contribution in [2.24, 2.45) is 4.74 Å². The van der Waals surface area contributed by atoms with Gasteiger partial charge in [-0.25, -0.2) is 0 Å². The molecule has 0 N–H and O–H groups in total. The van der Waals surface area contributed by atoms with Gasteiger partial charge in [0.05, 0.1) is 18.3 Å². The van der Waals surface area contributed by atoms with Gasteiger partial charge in [0.1, 0.15) is 0 Å². The standard InChI is InChI=1S/C26H21N2P/c1-2-12-22-21-27-20-19-26(22)28-29(23-13-6-3-7-14-23,24-15-8-4-9-16-24)25-17-10-5-11-18-25/h3-11,13-21H,1H3. The van der Waals surface area contributed by atoms with Gasteiger partial charge in [0.15, 0.2) is 0 Å². The first-order chi connectivity index (χ1) is 14.3. The van der Waals surface area contributed by atoms with Gasteiger partial charge in [-0.2, -0.15) is 0 Å². The number of benzene rings is 3. The van der Waals surface area contributed by atoms with Crippen LogP contribution >= 0.6 is 7.05 Å². The fraction of sp³-hybridized carbons (Fsp3) is 0.0385. The van der Waals surface area contributed by atoms with Crippen LogP contribution in [0.15, 0.2) is 114 Å². The quantitative estimate of drug-likeness (QED) is 0.343. The molecule has 3 aromatic carbocycles. The molecule has 4 aromatic rings. The Labute approximate surface area is 172 Å². The predicted octanol–water partition coefficient (Wildman–Crippen LogP) is 5.26. The molecule has 0 atom stereocenters. The minimum atomic E-state index is -2.30. The van der Waals surface area contributed by atoms with Crippen LogP contribution in [0.3, 0.4) is 0 Å². The third kappa shape index (κ3) is 3.79. The van der Waals surface area contributed by atoms with Gasteiger partial charge < -0.3 is 0 Å². The Bertz CT molecular complexity index is 1100. The van der Waals surface area contributed by atoms with E-state index in [0.29, 0.717) is 0 Å². The molecule has 0 bridgehead atoms. The van der Waals surface area contributed by atoms with Gasteiger partial charge >= 0.3 is 0 Å². The van der Waals surface area contributed by atoms with Crippen LogP contribution in [-0.2, 0) is 0 Å². The van der Waals surface area contributed by atoms with Crippen molar-refractivity contribution < 1.29 is 0 Å². The predicted molar refractivity (Wildman–Crippen MR) is 124 cm³/mol. The summed E-state index contributed by atoms with van der Waals surface area (Å²) >= 11 is 0. The molecule has 0 saturated carbocycles. The molecule has 0 radical (unpaired) electrons. The molecule has 0 spiro atoms. The number of hydrogen-bond donors (Lipinski definition) is 0. The molecule has 0 aliphatic carbocycles. The lowest BCUT2D eigenvalue weighted by atomic mass is 10.2. The van der Waals surface area contributed by atoms with Crippen LogP contribution in [0.4, 0.5) is 5.69 Å². The van der Waals surface area contributed by atoms with Gasteiger partial charge in [0.25, 0.3) is 0 Å². The normalized spacial score (nSPS) is 10.7. The lowest BCUT2D eigenvalue weighted by molar-refractivity contribution is 1.30. The fourth-order valence-electron chi connectivity index (χ4n) is 3.42. The number of pyridine rings is 1. The highest BCUT2D eigenvalue weighted by Gasteiger charge is 2.27. The van der Waals surface area contributed by atoms with Crippen molar-refractivity contribution in [1.82, 2.24) is 4.98 Å². The third-order valence-electron chi connectivity index (χ3n) is 4.71. The van der Waals surface area contributed by atoms with E-state index in [1.54, 1.807) is 12.4 Å². The van der Waals surface area contributed by atoms with E-state index >= 15 is 0 Å². The van der Waals surface area contributed by atoms with E-state index in [9.17, 15) is 0 Å². The molecule has 0 saturated heterocycles. The number of nitrogens with zero attached hydrogens (tertiary/aromatic N) is 2. The number of rotatable bonds is 4. The van der Waals surface area contributed by atoms with E-state index in [2.05, 4.69) is 108 Å². The van der Waals surface area contributed by atoms with Crippen LogP contribution in [0, 0.1) is 11.8 Å². The van der Waals surface area contributed by atoms with E-state index < -0.39 is 7.05 Å². The molecule has 0 amide bonds. The summed E-state index contributed by atoms with van der Waals surface area (Å²) in [5, 5.41) is 3.64. The van der Waals surface area contributed by atoms with Crippen molar-refractivity contribution in [1.29, 1.82) is 0 Å². The zero-order chi connectivity index (χ0) is 19.9. The molecule has 0 aliphatic heterocycles. The maximum absolute atomic E-state index is 5.49. The van der Waals surface area contributed by atoms with E-state index in [1.807, 2.05) is 13.0 Å². The van der Waals surface area contributed by atoms with Crippen LogP contribution in [0.2, 0.25) is 0 Å². The highest BCUT2D eigenvalue weighted by molar-refractivity contribution is 7.87. The maximum atomic E-state index is 5.49. The molecule has 29 heavy (non-hydrogen) atoms. The fourth-order valence-corrected chi connectivity index (χ4v) is 6.97. The topological polar surface area (TPSA) is 25.2 Å². The van der Waals surface area contributed by atoms with Crippen molar-refractivity contribution in [3.8, 4) is 11.8 Å². The zero-order valence-corrected chi connectivity index (χ0v) is 17.1. The van der Waals surface area contributed by atoms with E-state index in [-0.39, 0.29) is 0 Å². The van der Waals surface area contributed by atoms with Gasteiger partial charge in [-0.15, -0.1) is 5.92 Å². The summed E-state index contributed by atoms with van der Waals surface area (Å²) in [5.41, 5.74) is 1.72. The first kappa shape index (κ1) is 18.9. The Morgan fingerprint density at radius 3 is 1.62 bits per heavy atom. The molecular formula is C26H21N2P. The van der Waals surface area contributed by atoms with Crippen LogP contribution in [0.5, 0.6) is 0 Å². The summed E-state index contributed by atoms with van der Waals surface area (Å²) in [7, 11) is -2.30. The van der Waals surface area contributed by atoms with Crippen LogP contribution in [0.1, 0.15) is 12.5 Å². The average Bonchev–Trinajstić information content (AvgIpc) is 2.80. The monoisotopic (exact) mass is 392 g/mol. The van der Waals surface area contributed by atoms with E-state index in [0.717, 1.165) is 11.3 Å². The molecular weight excluding hydrogens is 371 g/mol. The van der Waals surface area contributed by atoms with Crippen molar-refractivity contribution in [3.63, 3.8) is 0 Å². The van der Waals surface area contributed by atoms with Crippen molar-refractivity contribution in [3.05, 3.63) is 115 Å². The molecule has 0 unspecified atom stereocenters. The molecule has 0 aliphatic rings. The maximum Gasteiger partial charge on any atom is 0.0812 e. The Morgan fingerprint density at radius 2 is 1.17 bits per heavy atom. The second kappa shape index (κ2) is 8.74. The number of hydrogen-bond acceptors (Lipinski definition) is 2. The van der Waals surface area contributed by atoms with Crippen LogP contribution in [-0.4, -0.2) is 4.98 Å². The van der Waals surface area contributed by atoms with Crippen molar-refractivity contribution in [2.75, 3.05) is 0 Å². The average molecular weight is 392 g/mol. The summed E-state index contributed by atoms with van der Waals surface area (Å²) in [5.74, 6) is 6.16. The second-order valence-electron chi connectivity index (χ2n) is 6.51. The zero-order valence-electron chi connectivity index (χ0n) is 16.2. The van der Waals surface area contributed by atoms with Crippen molar-refractivity contribution in [2.45, 2.75) is 6.92 Å². The Morgan fingerprint density at radius 1 is 0.690 bits per heavy atom. The second-order valence-corrected chi connectivity index (χ2v) is 9.53. The lowest BCUT2D eigenvalue weighted by Crippen LogP contribution is -2.25. The van der Waals surface area contributed by atoms with Gasteiger partial charge in [-0.05, 0) is 13.0 Å². The van der Waals surface area contributed by atoms with Crippen LogP contribution < -0.4 is 15.9 Å². The molecule has 2 nitrogen and oxygen atoms in total. The number of aromatic nitrogens is 1. The minimum absolute atomic E-state index is 0.849. The Hall–Kier alpha value is -3.40. The van der Waals surface area contributed by atoms with Gasteiger partial charge in [0.2, 0.25) is 0 Å². The highest BCUT2D eigenvalue weighted by Crippen LogP contribution is 2.49. The summed E-state index contributed by atoms with van der Waals surface area (Å²) in [6.45, 7) is 1.84. The smallest absolute Gasteiger partial charge is 0.0812 e. The summed E-state index contributed by atoms with van der Waals surface area (Å²) < 4.78 is 5.49. The van der Waals surface area contributed by atoms with Gasteiger partial charge in [-0.3, -0.25) is 9.73 Å². The molecule has 1 aromatic heterocycles. The summed E-state index contributed by atoms with van der Waals surface area (Å²) in [6.07, 6.45) is 3.58.